The van der Waals surface area contributed by atoms with Gasteiger partial charge in [-0.15, -0.1) is 0 Å². The summed E-state index contributed by atoms with van der Waals surface area (Å²) in [6.07, 6.45) is 3.58. The molecule has 0 aliphatic heterocycles. The first-order valence-electron chi connectivity index (χ1n) is 3.75. The van der Waals surface area contributed by atoms with E-state index in [4.69, 9.17) is 4.74 Å². The molecule has 14 heavy (non-hydrogen) atoms. The van der Waals surface area contributed by atoms with E-state index in [2.05, 4.69) is 31.0 Å². The lowest BCUT2D eigenvalue weighted by atomic mass is 10.7. The third kappa shape index (κ3) is 1.46. The SMILES string of the molecule is COc1nc(SC)nc2c(Br)cnn12. The third-order valence-electron chi connectivity index (χ3n) is 1.64. The lowest BCUT2D eigenvalue weighted by Gasteiger charge is -2.02. The molecule has 2 aromatic heterocycles. The van der Waals surface area contributed by atoms with Gasteiger partial charge >= 0.3 is 6.01 Å². The fourth-order valence-corrected chi connectivity index (χ4v) is 1.73. The quantitative estimate of drug-likeness (QED) is 0.779. The van der Waals surface area contributed by atoms with Crippen molar-refractivity contribution < 1.29 is 4.74 Å². The molecular formula is C7H7BrN4OS. The third-order valence-corrected chi connectivity index (χ3v) is 2.75. The molecule has 5 nitrogen and oxygen atoms in total. The monoisotopic (exact) mass is 274 g/mol. The molecule has 0 fully saturated rings. The molecule has 0 saturated carbocycles. The molecule has 0 unspecified atom stereocenters. The number of hydrogen-bond acceptors (Lipinski definition) is 5. The molecule has 0 aliphatic rings. The highest BCUT2D eigenvalue weighted by Crippen LogP contribution is 2.21. The van der Waals surface area contributed by atoms with Gasteiger partial charge in [-0.05, 0) is 22.2 Å². The van der Waals surface area contributed by atoms with E-state index >= 15 is 0 Å². The Kier molecular flexibility index (Phi) is 2.60. The van der Waals surface area contributed by atoms with Crippen LogP contribution in [0, 0.1) is 0 Å². The van der Waals surface area contributed by atoms with Gasteiger partial charge < -0.3 is 4.74 Å². The zero-order valence-electron chi connectivity index (χ0n) is 7.56. The molecule has 74 valence electrons. The first-order valence-corrected chi connectivity index (χ1v) is 5.77. The standard InChI is InChI=1S/C7H7BrN4OS/c1-13-7-11-6(14-2)10-5-4(8)3-9-12(5)7/h3H,1-2H3. The molecule has 0 radical (unpaired) electrons. The van der Waals surface area contributed by atoms with E-state index in [1.165, 1.54) is 11.8 Å². The largest absolute Gasteiger partial charge is 0.467 e. The Hall–Kier alpha value is -0.820. The number of aromatic nitrogens is 4. The molecule has 0 bridgehead atoms. The summed E-state index contributed by atoms with van der Waals surface area (Å²) in [7, 11) is 1.56. The Morgan fingerprint density at radius 1 is 1.50 bits per heavy atom. The number of fused-ring (bicyclic) bond motifs is 1. The Bertz CT molecular complexity index is 472. The average Bonchev–Trinajstić information content (AvgIpc) is 2.59. The minimum absolute atomic E-state index is 0.435. The maximum atomic E-state index is 5.10. The van der Waals surface area contributed by atoms with Crippen molar-refractivity contribution in [3.05, 3.63) is 10.7 Å². The van der Waals surface area contributed by atoms with Crippen molar-refractivity contribution in [3.63, 3.8) is 0 Å². The van der Waals surface area contributed by atoms with Crippen LogP contribution in [0.1, 0.15) is 0 Å². The molecule has 0 atom stereocenters. The highest BCUT2D eigenvalue weighted by Gasteiger charge is 2.10. The summed E-state index contributed by atoms with van der Waals surface area (Å²) in [5.74, 6) is 0. The van der Waals surface area contributed by atoms with Crippen molar-refractivity contribution in [2.45, 2.75) is 5.16 Å². The van der Waals surface area contributed by atoms with Gasteiger partial charge in [-0.3, -0.25) is 0 Å². The Labute approximate surface area is 93.0 Å². The summed E-state index contributed by atoms with van der Waals surface area (Å²) in [4.78, 5) is 8.45. The van der Waals surface area contributed by atoms with Crippen molar-refractivity contribution in [1.29, 1.82) is 0 Å². The van der Waals surface area contributed by atoms with Gasteiger partial charge in [0.1, 0.15) is 0 Å². The van der Waals surface area contributed by atoms with E-state index in [1.54, 1.807) is 17.8 Å². The van der Waals surface area contributed by atoms with E-state index in [-0.39, 0.29) is 0 Å². The molecule has 2 rings (SSSR count). The van der Waals surface area contributed by atoms with E-state index < -0.39 is 0 Å². The van der Waals surface area contributed by atoms with Crippen LogP contribution in [-0.4, -0.2) is 32.9 Å². The molecule has 2 heterocycles. The summed E-state index contributed by atoms with van der Waals surface area (Å²) >= 11 is 4.82. The summed E-state index contributed by atoms with van der Waals surface area (Å²) < 4.78 is 7.47. The van der Waals surface area contributed by atoms with Crippen molar-refractivity contribution in [1.82, 2.24) is 19.6 Å². The zero-order valence-corrected chi connectivity index (χ0v) is 9.96. The van der Waals surface area contributed by atoms with Gasteiger partial charge in [0.15, 0.2) is 10.8 Å². The molecule has 0 saturated heterocycles. The van der Waals surface area contributed by atoms with Crippen LogP contribution in [0.25, 0.3) is 5.65 Å². The normalized spacial score (nSPS) is 10.8. The Balaban J connectivity index is 2.76. The van der Waals surface area contributed by atoms with Crippen LogP contribution in [0.15, 0.2) is 15.8 Å². The van der Waals surface area contributed by atoms with Gasteiger partial charge in [0.2, 0.25) is 0 Å². The zero-order chi connectivity index (χ0) is 10.1. The first kappa shape index (κ1) is 9.72. The lowest BCUT2D eigenvalue weighted by Crippen LogP contribution is -2.02. The number of halogens is 1. The number of hydrogen-bond donors (Lipinski definition) is 0. The van der Waals surface area contributed by atoms with Crippen molar-refractivity contribution in [2.75, 3.05) is 13.4 Å². The molecule has 0 aromatic carbocycles. The fraction of sp³-hybridized carbons (Fsp3) is 0.286. The number of thioether (sulfide) groups is 1. The lowest BCUT2D eigenvalue weighted by molar-refractivity contribution is 0.360. The van der Waals surface area contributed by atoms with Crippen LogP contribution in [0.3, 0.4) is 0 Å². The summed E-state index contributed by atoms with van der Waals surface area (Å²) in [6, 6.07) is 0.435. The average molecular weight is 275 g/mol. The smallest absolute Gasteiger partial charge is 0.321 e. The van der Waals surface area contributed by atoms with E-state index in [1.807, 2.05) is 6.26 Å². The van der Waals surface area contributed by atoms with Crippen LogP contribution in [0.5, 0.6) is 6.01 Å². The second-order valence-corrected chi connectivity index (χ2v) is 4.05. The van der Waals surface area contributed by atoms with E-state index in [0.717, 1.165) is 4.47 Å². The van der Waals surface area contributed by atoms with Crippen LogP contribution >= 0.6 is 27.7 Å². The summed E-state index contributed by atoms with van der Waals surface area (Å²) in [5, 5.41) is 4.74. The predicted molar refractivity (Wildman–Crippen MR) is 56.8 cm³/mol. The predicted octanol–water partition coefficient (Wildman–Crippen LogP) is 1.62. The van der Waals surface area contributed by atoms with Crippen molar-refractivity contribution in [3.8, 4) is 6.01 Å². The second kappa shape index (κ2) is 3.74. The summed E-state index contributed by atoms with van der Waals surface area (Å²) in [6.45, 7) is 0. The van der Waals surface area contributed by atoms with Crippen LogP contribution in [-0.2, 0) is 0 Å². The van der Waals surface area contributed by atoms with Crippen LogP contribution in [0.2, 0.25) is 0 Å². The van der Waals surface area contributed by atoms with Gasteiger partial charge in [0, 0.05) is 0 Å². The maximum Gasteiger partial charge on any atom is 0.321 e. The molecule has 7 heteroatoms. The first-order chi connectivity index (χ1) is 6.76. The van der Waals surface area contributed by atoms with Gasteiger partial charge in [0.05, 0.1) is 17.8 Å². The maximum absolute atomic E-state index is 5.10. The fourth-order valence-electron chi connectivity index (χ4n) is 1.03. The minimum Gasteiger partial charge on any atom is -0.467 e. The van der Waals surface area contributed by atoms with Crippen molar-refractivity contribution in [2.24, 2.45) is 0 Å². The topological polar surface area (TPSA) is 52.3 Å². The molecule has 0 spiro atoms. The molecule has 2 aromatic rings. The Morgan fingerprint density at radius 3 is 2.93 bits per heavy atom. The van der Waals surface area contributed by atoms with Crippen LogP contribution < -0.4 is 4.74 Å². The van der Waals surface area contributed by atoms with Gasteiger partial charge in [-0.25, -0.2) is 4.98 Å². The number of methoxy groups -OCH3 is 1. The highest BCUT2D eigenvalue weighted by molar-refractivity contribution is 9.10. The Morgan fingerprint density at radius 2 is 2.29 bits per heavy atom. The van der Waals surface area contributed by atoms with E-state index in [0.29, 0.717) is 16.8 Å². The van der Waals surface area contributed by atoms with Crippen LogP contribution in [0.4, 0.5) is 0 Å². The van der Waals surface area contributed by atoms with Gasteiger partial charge in [0.25, 0.3) is 0 Å². The van der Waals surface area contributed by atoms with Gasteiger partial charge in [-0.2, -0.15) is 14.6 Å². The molecule has 0 amide bonds. The summed E-state index contributed by atoms with van der Waals surface area (Å²) in [5.41, 5.74) is 0.709. The number of nitrogens with zero attached hydrogens (tertiary/aromatic N) is 4. The van der Waals surface area contributed by atoms with E-state index in [9.17, 15) is 0 Å². The molecular weight excluding hydrogens is 268 g/mol. The second-order valence-electron chi connectivity index (χ2n) is 2.42. The number of rotatable bonds is 2. The highest BCUT2D eigenvalue weighted by atomic mass is 79.9. The molecule has 0 N–H and O–H groups in total. The molecule has 0 aliphatic carbocycles. The minimum atomic E-state index is 0.435. The van der Waals surface area contributed by atoms with Crippen molar-refractivity contribution >= 4 is 33.3 Å². The van der Waals surface area contributed by atoms with Gasteiger partial charge in [-0.1, -0.05) is 11.8 Å². The number of ether oxygens (including phenoxy) is 1.